The highest BCUT2D eigenvalue weighted by Crippen LogP contribution is 2.48. The largest absolute Gasteiger partial charge is 0.385 e. The van der Waals surface area contributed by atoms with Crippen LogP contribution in [-0.2, 0) is 4.74 Å². The predicted molar refractivity (Wildman–Crippen MR) is 79.6 cm³/mol. The summed E-state index contributed by atoms with van der Waals surface area (Å²) in [6.07, 6.45) is 9.19. The van der Waals surface area contributed by atoms with Crippen LogP contribution in [0.15, 0.2) is 0 Å². The number of ether oxygens (including phenoxy) is 1. The number of amides is 2. The summed E-state index contributed by atoms with van der Waals surface area (Å²) in [6, 6.07) is 0.360. The minimum atomic E-state index is 0.00893. The summed E-state index contributed by atoms with van der Waals surface area (Å²) in [6.45, 7) is 1.58. The van der Waals surface area contributed by atoms with Crippen LogP contribution >= 0.6 is 11.8 Å². The number of hydrogen-bond acceptors (Lipinski definition) is 3. The highest BCUT2D eigenvalue weighted by atomic mass is 32.2. The Morgan fingerprint density at radius 2 is 2.21 bits per heavy atom. The molecular formula is C14H26N2O2S. The van der Waals surface area contributed by atoms with Crippen molar-refractivity contribution < 1.29 is 9.53 Å². The van der Waals surface area contributed by atoms with Gasteiger partial charge in [0.25, 0.3) is 0 Å². The molecule has 0 heterocycles. The Labute approximate surface area is 120 Å². The molecule has 0 bridgehead atoms. The van der Waals surface area contributed by atoms with E-state index >= 15 is 0 Å². The van der Waals surface area contributed by atoms with Gasteiger partial charge in [0.1, 0.15) is 0 Å². The molecule has 5 heteroatoms. The van der Waals surface area contributed by atoms with E-state index < -0.39 is 0 Å². The van der Waals surface area contributed by atoms with Crippen LogP contribution in [0.4, 0.5) is 4.79 Å². The molecule has 0 aromatic carbocycles. The van der Waals surface area contributed by atoms with Gasteiger partial charge in [-0.15, -0.1) is 0 Å². The van der Waals surface area contributed by atoms with E-state index in [1.54, 1.807) is 7.11 Å². The highest BCUT2D eigenvalue weighted by molar-refractivity contribution is 7.99. The van der Waals surface area contributed by atoms with Crippen molar-refractivity contribution in [1.82, 2.24) is 10.6 Å². The molecule has 110 valence electrons. The zero-order chi connectivity index (χ0) is 13.7. The maximum atomic E-state index is 11.9. The molecule has 0 spiro atoms. The fourth-order valence-corrected chi connectivity index (χ4v) is 3.81. The lowest BCUT2D eigenvalue weighted by atomic mass is 10.0. The van der Waals surface area contributed by atoms with Crippen LogP contribution < -0.4 is 10.6 Å². The minimum absolute atomic E-state index is 0.00893. The van der Waals surface area contributed by atoms with Crippen LogP contribution in [0, 0.1) is 5.41 Å². The van der Waals surface area contributed by atoms with Crippen molar-refractivity contribution in [2.24, 2.45) is 5.41 Å². The van der Waals surface area contributed by atoms with Gasteiger partial charge in [0, 0.05) is 31.6 Å². The van der Waals surface area contributed by atoms with Crippen molar-refractivity contribution in [1.29, 1.82) is 0 Å². The van der Waals surface area contributed by atoms with Crippen molar-refractivity contribution in [3.63, 3.8) is 0 Å². The van der Waals surface area contributed by atoms with Gasteiger partial charge in [-0.05, 0) is 43.8 Å². The first kappa shape index (κ1) is 15.0. The van der Waals surface area contributed by atoms with E-state index in [0.717, 1.165) is 26.0 Å². The van der Waals surface area contributed by atoms with Gasteiger partial charge in [-0.25, -0.2) is 4.79 Å². The summed E-state index contributed by atoms with van der Waals surface area (Å²) in [4.78, 5) is 11.9. The van der Waals surface area contributed by atoms with Crippen molar-refractivity contribution in [3.8, 4) is 0 Å². The van der Waals surface area contributed by atoms with E-state index in [9.17, 15) is 4.79 Å². The average molecular weight is 286 g/mol. The van der Waals surface area contributed by atoms with Gasteiger partial charge in [-0.3, -0.25) is 0 Å². The molecule has 2 amide bonds. The molecule has 2 fully saturated rings. The summed E-state index contributed by atoms with van der Waals surface area (Å²) in [5.74, 6) is 0. The highest BCUT2D eigenvalue weighted by Gasteiger charge is 2.42. The normalized spacial score (nSPS) is 28.1. The Balaban J connectivity index is 1.67. The molecule has 0 aromatic rings. The van der Waals surface area contributed by atoms with Crippen LogP contribution in [0.25, 0.3) is 0 Å². The van der Waals surface area contributed by atoms with E-state index in [-0.39, 0.29) is 6.03 Å². The van der Waals surface area contributed by atoms with E-state index in [1.807, 2.05) is 11.8 Å². The first-order valence-corrected chi connectivity index (χ1v) is 8.54. The molecule has 0 saturated heterocycles. The summed E-state index contributed by atoms with van der Waals surface area (Å²) >= 11 is 1.87. The Kier molecular flexibility index (Phi) is 5.39. The molecule has 2 aliphatic rings. The van der Waals surface area contributed by atoms with E-state index in [2.05, 4.69) is 16.9 Å². The van der Waals surface area contributed by atoms with Crippen LogP contribution in [0.2, 0.25) is 0 Å². The van der Waals surface area contributed by atoms with Gasteiger partial charge in [0.05, 0.1) is 0 Å². The second-order valence-corrected chi connectivity index (χ2v) is 6.96. The van der Waals surface area contributed by atoms with Gasteiger partial charge in [0.15, 0.2) is 0 Å². The maximum absolute atomic E-state index is 11.9. The number of carbonyl (C=O) groups excluding carboxylic acids is 1. The van der Waals surface area contributed by atoms with Gasteiger partial charge in [-0.2, -0.15) is 11.8 Å². The topological polar surface area (TPSA) is 50.4 Å². The number of rotatable bonds is 7. The first-order chi connectivity index (χ1) is 9.19. The molecule has 0 unspecified atom stereocenters. The van der Waals surface area contributed by atoms with Crippen LogP contribution in [0.3, 0.4) is 0 Å². The molecule has 2 saturated carbocycles. The number of methoxy groups -OCH3 is 1. The minimum Gasteiger partial charge on any atom is -0.385 e. The number of urea groups is 1. The van der Waals surface area contributed by atoms with Crippen LogP contribution in [0.1, 0.15) is 38.5 Å². The van der Waals surface area contributed by atoms with Crippen molar-refractivity contribution in [2.75, 3.05) is 26.5 Å². The summed E-state index contributed by atoms with van der Waals surface area (Å²) < 4.78 is 5.13. The van der Waals surface area contributed by atoms with Gasteiger partial charge in [-0.1, -0.05) is 6.42 Å². The van der Waals surface area contributed by atoms with Crippen LogP contribution in [-0.4, -0.2) is 43.8 Å². The van der Waals surface area contributed by atoms with E-state index in [4.69, 9.17) is 4.74 Å². The second-order valence-electron chi connectivity index (χ2n) is 5.88. The lowest BCUT2D eigenvalue weighted by molar-refractivity contribution is 0.171. The third-order valence-electron chi connectivity index (χ3n) is 4.49. The molecule has 0 aliphatic heterocycles. The van der Waals surface area contributed by atoms with Crippen LogP contribution in [0.5, 0.6) is 0 Å². The third kappa shape index (κ3) is 4.28. The molecule has 19 heavy (non-hydrogen) atoms. The number of nitrogens with one attached hydrogen (secondary N) is 2. The maximum Gasteiger partial charge on any atom is 0.315 e. The summed E-state index contributed by atoms with van der Waals surface area (Å²) in [7, 11) is 1.73. The first-order valence-electron chi connectivity index (χ1n) is 7.25. The van der Waals surface area contributed by atoms with E-state index in [1.165, 1.54) is 25.7 Å². The standard InChI is InChI=1S/C14H26N2O2S/c1-18-9-8-14(6-7-14)10-15-13(17)16-11-4-3-5-12(11)19-2/h11-12H,3-10H2,1-2H3,(H2,15,16,17)/t11-,12-/m1/s1. The summed E-state index contributed by atoms with van der Waals surface area (Å²) in [5, 5.41) is 6.78. The number of carbonyl (C=O) groups is 1. The molecular weight excluding hydrogens is 260 g/mol. The SMILES string of the molecule is COCCC1(CNC(=O)N[C@@H]2CCC[C@H]2SC)CC1. The average Bonchev–Trinajstić information content (AvgIpc) is 3.06. The molecule has 2 rings (SSSR count). The molecule has 2 atom stereocenters. The fraction of sp³-hybridized carbons (Fsp3) is 0.929. The molecule has 2 N–H and O–H groups in total. The Morgan fingerprint density at radius 3 is 2.84 bits per heavy atom. The Hall–Kier alpha value is -0.420. The van der Waals surface area contributed by atoms with Gasteiger partial charge in [0.2, 0.25) is 0 Å². The second kappa shape index (κ2) is 6.84. The molecule has 2 aliphatic carbocycles. The number of thioether (sulfide) groups is 1. The zero-order valence-electron chi connectivity index (χ0n) is 12.0. The predicted octanol–water partition coefficient (Wildman–Crippen LogP) is 2.39. The monoisotopic (exact) mass is 286 g/mol. The Bertz CT molecular complexity index is 308. The zero-order valence-corrected chi connectivity index (χ0v) is 12.9. The summed E-state index contributed by atoms with van der Waals surface area (Å²) in [5.41, 5.74) is 0.321. The fourth-order valence-electron chi connectivity index (χ4n) is 2.87. The van der Waals surface area contributed by atoms with Gasteiger partial charge < -0.3 is 15.4 Å². The lowest BCUT2D eigenvalue weighted by Crippen LogP contribution is -2.46. The van der Waals surface area contributed by atoms with Crippen molar-refractivity contribution >= 4 is 17.8 Å². The number of hydrogen-bond donors (Lipinski definition) is 2. The van der Waals surface area contributed by atoms with Crippen molar-refractivity contribution in [2.45, 2.75) is 49.8 Å². The molecule has 0 aromatic heterocycles. The quantitative estimate of drug-likeness (QED) is 0.755. The lowest BCUT2D eigenvalue weighted by Gasteiger charge is -2.21. The molecule has 0 radical (unpaired) electrons. The smallest absolute Gasteiger partial charge is 0.315 e. The molecule has 4 nitrogen and oxygen atoms in total. The van der Waals surface area contributed by atoms with Gasteiger partial charge >= 0.3 is 6.03 Å². The van der Waals surface area contributed by atoms with Crippen molar-refractivity contribution in [3.05, 3.63) is 0 Å². The van der Waals surface area contributed by atoms with E-state index in [0.29, 0.717) is 16.7 Å². The third-order valence-corrected chi connectivity index (χ3v) is 5.66. The Morgan fingerprint density at radius 1 is 1.42 bits per heavy atom.